The van der Waals surface area contributed by atoms with Gasteiger partial charge in [0.05, 0.1) is 4.75 Å². The van der Waals surface area contributed by atoms with Crippen LogP contribution in [0.25, 0.3) is 0 Å². The molecule has 16 heavy (non-hydrogen) atoms. The van der Waals surface area contributed by atoms with Gasteiger partial charge in [0.1, 0.15) is 11.0 Å². The number of rotatable bonds is 3. The summed E-state index contributed by atoms with van der Waals surface area (Å²) < 4.78 is 14.4. The maximum absolute atomic E-state index is 11.8. The Bertz CT molecular complexity index is 404. The number of Topliss-reactive ketones (excluding diaryl/α,β-unsaturated/α-hetero) is 1. The van der Waals surface area contributed by atoms with Gasteiger partial charge in [-0.1, -0.05) is 0 Å². The highest BCUT2D eigenvalue weighted by Gasteiger charge is 2.19. The Kier molecular flexibility index (Phi) is 3.86. The summed E-state index contributed by atoms with van der Waals surface area (Å²) in [4.78, 5) is 11.1. The first-order chi connectivity index (χ1) is 7.30. The summed E-state index contributed by atoms with van der Waals surface area (Å²) in [6, 6.07) is 6.98. The molecule has 4 heteroatoms. The minimum absolute atomic E-state index is 0.0310. The van der Waals surface area contributed by atoms with Crippen LogP contribution in [0.15, 0.2) is 24.3 Å². The fourth-order valence-corrected chi connectivity index (χ4v) is 1.69. The highest BCUT2D eigenvalue weighted by atomic mass is 32.2. The topological polar surface area (TPSA) is 46.2 Å². The van der Waals surface area contributed by atoms with Gasteiger partial charge in [-0.05, 0) is 52.0 Å². The lowest BCUT2D eigenvalue weighted by Gasteiger charge is -2.18. The van der Waals surface area contributed by atoms with Crippen LogP contribution in [-0.4, -0.2) is 14.7 Å². The van der Waals surface area contributed by atoms with Crippen molar-refractivity contribution in [1.29, 1.82) is 0 Å². The highest BCUT2D eigenvalue weighted by molar-refractivity contribution is 7.87. The van der Waals surface area contributed by atoms with E-state index in [0.717, 1.165) is 5.69 Å². The molecule has 0 heterocycles. The maximum atomic E-state index is 11.8. The molecule has 0 spiro atoms. The second kappa shape index (κ2) is 4.78. The van der Waals surface area contributed by atoms with Crippen molar-refractivity contribution in [2.24, 2.45) is 0 Å². The average Bonchev–Trinajstić information content (AvgIpc) is 2.17. The Hall–Kier alpha value is -1.16. The molecular formula is C12H17NO2S. The molecule has 1 aromatic rings. The second-order valence-electron chi connectivity index (χ2n) is 4.62. The van der Waals surface area contributed by atoms with E-state index in [0.29, 0.717) is 5.56 Å². The number of ketones is 1. The van der Waals surface area contributed by atoms with Crippen LogP contribution in [0.3, 0.4) is 0 Å². The molecule has 1 aromatic carbocycles. The van der Waals surface area contributed by atoms with Gasteiger partial charge in [0, 0.05) is 11.3 Å². The molecule has 0 aliphatic heterocycles. The number of carbonyl (C=O) groups is 1. The van der Waals surface area contributed by atoms with Gasteiger partial charge >= 0.3 is 0 Å². The van der Waals surface area contributed by atoms with Crippen molar-refractivity contribution in [3.05, 3.63) is 29.8 Å². The summed E-state index contributed by atoms with van der Waals surface area (Å²) in [6.07, 6.45) is 0. The molecule has 1 atom stereocenters. The van der Waals surface area contributed by atoms with Crippen molar-refractivity contribution in [3.8, 4) is 0 Å². The monoisotopic (exact) mass is 239 g/mol. The predicted octanol–water partition coefficient (Wildman–Crippen LogP) is 2.76. The van der Waals surface area contributed by atoms with E-state index in [-0.39, 0.29) is 10.5 Å². The molecule has 0 amide bonds. The van der Waals surface area contributed by atoms with Crippen molar-refractivity contribution in [2.45, 2.75) is 32.4 Å². The predicted molar refractivity (Wildman–Crippen MR) is 68.0 cm³/mol. The van der Waals surface area contributed by atoms with E-state index in [1.165, 1.54) is 6.92 Å². The highest BCUT2D eigenvalue weighted by Crippen LogP contribution is 2.16. The summed E-state index contributed by atoms with van der Waals surface area (Å²) >= 11 is 0. The van der Waals surface area contributed by atoms with Crippen LogP contribution in [0.1, 0.15) is 38.1 Å². The molecular weight excluding hydrogens is 222 g/mol. The van der Waals surface area contributed by atoms with E-state index in [1.807, 2.05) is 20.8 Å². The van der Waals surface area contributed by atoms with Gasteiger partial charge in [-0.25, -0.2) is 4.21 Å². The molecule has 0 saturated heterocycles. The lowest BCUT2D eigenvalue weighted by Crippen LogP contribution is -2.27. The number of benzene rings is 1. The van der Waals surface area contributed by atoms with Crippen LogP contribution in [-0.2, 0) is 11.0 Å². The first kappa shape index (κ1) is 12.9. The van der Waals surface area contributed by atoms with E-state index >= 15 is 0 Å². The SMILES string of the molecule is CC(=O)c1ccc(NS(=O)C(C)(C)C)cc1. The summed E-state index contributed by atoms with van der Waals surface area (Å²) in [5.41, 5.74) is 1.42. The van der Waals surface area contributed by atoms with Crippen molar-refractivity contribution in [2.75, 3.05) is 4.72 Å². The minimum atomic E-state index is -1.14. The average molecular weight is 239 g/mol. The molecule has 3 nitrogen and oxygen atoms in total. The van der Waals surface area contributed by atoms with Gasteiger partial charge in [-0.3, -0.25) is 4.79 Å². The first-order valence-electron chi connectivity index (χ1n) is 5.10. The third-order valence-electron chi connectivity index (χ3n) is 2.06. The van der Waals surface area contributed by atoms with Gasteiger partial charge in [0.25, 0.3) is 0 Å². The smallest absolute Gasteiger partial charge is 0.159 e. The second-order valence-corrected chi connectivity index (χ2v) is 6.58. The largest absolute Gasteiger partial charge is 0.305 e. The number of anilines is 1. The minimum Gasteiger partial charge on any atom is -0.305 e. The molecule has 1 N–H and O–H groups in total. The van der Waals surface area contributed by atoms with E-state index in [1.54, 1.807) is 24.3 Å². The van der Waals surface area contributed by atoms with Crippen molar-refractivity contribution >= 4 is 22.5 Å². The first-order valence-corrected chi connectivity index (χ1v) is 6.25. The molecule has 0 radical (unpaired) electrons. The van der Waals surface area contributed by atoms with Gasteiger partial charge in [-0.15, -0.1) is 0 Å². The van der Waals surface area contributed by atoms with Crippen molar-refractivity contribution in [3.63, 3.8) is 0 Å². The summed E-state index contributed by atoms with van der Waals surface area (Å²) in [5.74, 6) is 0.0310. The number of carbonyl (C=O) groups excluding carboxylic acids is 1. The van der Waals surface area contributed by atoms with Crippen LogP contribution in [0.4, 0.5) is 5.69 Å². The Morgan fingerprint density at radius 3 is 2.06 bits per heavy atom. The summed E-state index contributed by atoms with van der Waals surface area (Å²) in [5, 5.41) is 0. The summed E-state index contributed by atoms with van der Waals surface area (Å²) in [7, 11) is -1.14. The number of hydrogen-bond acceptors (Lipinski definition) is 2. The van der Waals surface area contributed by atoms with Crippen LogP contribution < -0.4 is 4.72 Å². The lowest BCUT2D eigenvalue weighted by molar-refractivity contribution is 0.101. The van der Waals surface area contributed by atoms with Crippen LogP contribution >= 0.6 is 0 Å². The number of hydrogen-bond donors (Lipinski definition) is 1. The zero-order valence-electron chi connectivity index (χ0n) is 10.0. The fourth-order valence-electron chi connectivity index (χ4n) is 1.03. The van der Waals surface area contributed by atoms with Crippen molar-refractivity contribution < 1.29 is 9.00 Å². The maximum Gasteiger partial charge on any atom is 0.159 e. The van der Waals surface area contributed by atoms with E-state index in [4.69, 9.17) is 0 Å². The van der Waals surface area contributed by atoms with Gasteiger partial charge < -0.3 is 4.72 Å². The van der Waals surface area contributed by atoms with Gasteiger partial charge in [0.2, 0.25) is 0 Å². The molecule has 1 rings (SSSR count). The summed E-state index contributed by atoms with van der Waals surface area (Å²) in [6.45, 7) is 7.23. The fraction of sp³-hybridized carbons (Fsp3) is 0.417. The van der Waals surface area contributed by atoms with E-state index < -0.39 is 11.0 Å². The standard InChI is InChI=1S/C12H17NO2S/c1-9(14)10-5-7-11(8-6-10)13-16(15)12(2,3)4/h5-8,13H,1-4H3. The van der Waals surface area contributed by atoms with Crippen LogP contribution in [0, 0.1) is 0 Å². The normalized spacial score (nSPS) is 13.2. The lowest BCUT2D eigenvalue weighted by atomic mass is 10.1. The van der Waals surface area contributed by atoms with E-state index in [9.17, 15) is 9.00 Å². The Labute approximate surface area is 98.8 Å². The Balaban J connectivity index is 2.77. The quantitative estimate of drug-likeness (QED) is 0.824. The number of nitrogens with one attached hydrogen (secondary N) is 1. The molecule has 1 unspecified atom stereocenters. The molecule has 88 valence electrons. The Morgan fingerprint density at radius 1 is 1.19 bits per heavy atom. The third-order valence-corrected chi connectivity index (χ3v) is 3.59. The molecule has 0 saturated carbocycles. The van der Waals surface area contributed by atoms with Crippen molar-refractivity contribution in [1.82, 2.24) is 0 Å². The molecule has 0 fully saturated rings. The van der Waals surface area contributed by atoms with Crippen LogP contribution in [0.5, 0.6) is 0 Å². The van der Waals surface area contributed by atoms with E-state index in [2.05, 4.69) is 4.72 Å². The third kappa shape index (κ3) is 3.45. The zero-order chi connectivity index (χ0) is 12.3. The van der Waals surface area contributed by atoms with Gasteiger partial charge in [0.15, 0.2) is 5.78 Å². The molecule has 0 aliphatic rings. The van der Waals surface area contributed by atoms with Crippen LogP contribution in [0.2, 0.25) is 0 Å². The molecule has 0 aromatic heterocycles. The Morgan fingerprint density at radius 2 is 1.69 bits per heavy atom. The molecule has 0 aliphatic carbocycles. The van der Waals surface area contributed by atoms with Gasteiger partial charge in [-0.2, -0.15) is 0 Å². The zero-order valence-corrected chi connectivity index (χ0v) is 10.9. The molecule has 0 bridgehead atoms.